The number of carbonyl (C=O) groups is 1. The highest BCUT2D eigenvalue weighted by Crippen LogP contribution is 2.28. The van der Waals surface area contributed by atoms with Crippen molar-refractivity contribution in [1.29, 1.82) is 0 Å². The molecular weight excluding hydrogens is 408 g/mol. The van der Waals surface area contributed by atoms with E-state index in [0.29, 0.717) is 35.4 Å². The summed E-state index contributed by atoms with van der Waals surface area (Å²) < 4.78 is 27.1. The first-order valence-corrected chi connectivity index (χ1v) is 11.9. The van der Waals surface area contributed by atoms with Crippen molar-refractivity contribution in [2.45, 2.75) is 31.2 Å². The SMILES string of the molecule is Cc1c(C(=O)c2ccccc2)c2ccccc2n1CCCCS(=O)(=O)c1ccncc1. The van der Waals surface area contributed by atoms with E-state index < -0.39 is 9.84 Å². The summed E-state index contributed by atoms with van der Waals surface area (Å²) in [6.45, 7) is 2.62. The van der Waals surface area contributed by atoms with Gasteiger partial charge in [0.15, 0.2) is 15.6 Å². The Morgan fingerprint density at radius 1 is 0.903 bits per heavy atom. The molecule has 158 valence electrons. The number of unbranched alkanes of at least 4 members (excludes halogenated alkanes) is 1. The van der Waals surface area contributed by atoms with Gasteiger partial charge in [0.2, 0.25) is 0 Å². The minimum atomic E-state index is -3.31. The molecule has 4 aromatic rings. The highest BCUT2D eigenvalue weighted by molar-refractivity contribution is 7.91. The second kappa shape index (κ2) is 8.86. The van der Waals surface area contributed by atoms with Crippen LogP contribution in [0.5, 0.6) is 0 Å². The average molecular weight is 433 g/mol. The number of nitrogens with zero attached hydrogens (tertiary/aromatic N) is 2. The monoisotopic (exact) mass is 432 g/mol. The predicted octanol–water partition coefficient (Wildman–Crippen LogP) is 4.83. The number of carbonyl (C=O) groups excluding carboxylic acids is 1. The van der Waals surface area contributed by atoms with Gasteiger partial charge < -0.3 is 4.57 Å². The number of fused-ring (bicyclic) bond motifs is 1. The molecule has 0 aliphatic heterocycles. The summed E-state index contributed by atoms with van der Waals surface area (Å²) in [7, 11) is -3.31. The topological polar surface area (TPSA) is 69.0 Å². The highest BCUT2D eigenvalue weighted by Gasteiger charge is 2.21. The number of para-hydroxylation sites is 1. The van der Waals surface area contributed by atoms with Crippen LogP contribution in [0.25, 0.3) is 10.9 Å². The molecule has 5 nitrogen and oxygen atoms in total. The lowest BCUT2D eigenvalue weighted by Crippen LogP contribution is -2.09. The summed E-state index contributed by atoms with van der Waals surface area (Å²) in [6.07, 6.45) is 4.22. The Bertz CT molecular complexity index is 1310. The molecule has 0 aliphatic rings. The standard InChI is InChI=1S/C25H24N2O3S/c1-19-24(25(28)20-9-3-2-4-10-20)22-11-5-6-12-23(22)27(19)17-7-8-18-31(29,30)21-13-15-26-16-14-21/h2-6,9-16H,7-8,17-18H2,1H3. The maximum Gasteiger partial charge on any atom is 0.195 e. The van der Waals surface area contributed by atoms with Gasteiger partial charge in [-0.1, -0.05) is 48.5 Å². The number of rotatable bonds is 8. The number of pyridine rings is 1. The van der Waals surface area contributed by atoms with Crippen molar-refractivity contribution in [3.63, 3.8) is 0 Å². The zero-order valence-electron chi connectivity index (χ0n) is 17.4. The number of ketones is 1. The lowest BCUT2D eigenvalue weighted by Gasteiger charge is -2.09. The van der Waals surface area contributed by atoms with Crippen molar-refractivity contribution in [3.8, 4) is 0 Å². The number of sulfone groups is 1. The highest BCUT2D eigenvalue weighted by atomic mass is 32.2. The van der Waals surface area contributed by atoms with E-state index in [2.05, 4.69) is 9.55 Å². The zero-order valence-corrected chi connectivity index (χ0v) is 18.2. The molecular formula is C25H24N2O3S. The molecule has 6 heteroatoms. The van der Waals surface area contributed by atoms with Crippen LogP contribution in [0.15, 0.2) is 84.0 Å². The Hall–Kier alpha value is -3.25. The molecule has 0 amide bonds. The zero-order chi connectivity index (χ0) is 21.8. The minimum Gasteiger partial charge on any atom is -0.344 e. The quantitative estimate of drug-likeness (QED) is 0.295. The van der Waals surface area contributed by atoms with Gasteiger partial charge >= 0.3 is 0 Å². The van der Waals surface area contributed by atoms with Gasteiger partial charge in [-0.25, -0.2) is 8.42 Å². The lowest BCUT2D eigenvalue weighted by atomic mass is 10.0. The van der Waals surface area contributed by atoms with Crippen LogP contribution < -0.4 is 0 Å². The van der Waals surface area contributed by atoms with Gasteiger partial charge in [-0.3, -0.25) is 9.78 Å². The summed E-state index contributed by atoms with van der Waals surface area (Å²) in [5.74, 6) is 0.0961. The van der Waals surface area contributed by atoms with Crippen molar-refractivity contribution in [3.05, 3.63) is 95.9 Å². The lowest BCUT2D eigenvalue weighted by molar-refractivity contribution is 0.103. The van der Waals surface area contributed by atoms with Crippen LogP contribution in [-0.2, 0) is 16.4 Å². The van der Waals surface area contributed by atoms with E-state index in [-0.39, 0.29) is 11.5 Å². The van der Waals surface area contributed by atoms with Crippen molar-refractivity contribution >= 4 is 26.5 Å². The maximum absolute atomic E-state index is 13.2. The fourth-order valence-electron chi connectivity index (χ4n) is 3.97. The number of hydrogen-bond donors (Lipinski definition) is 0. The van der Waals surface area contributed by atoms with Crippen molar-refractivity contribution < 1.29 is 13.2 Å². The molecule has 0 N–H and O–H groups in total. The van der Waals surface area contributed by atoms with Crippen LogP contribution in [0, 0.1) is 6.92 Å². The van der Waals surface area contributed by atoms with Crippen molar-refractivity contribution in [2.24, 2.45) is 0 Å². The van der Waals surface area contributed by atoms with Crippen LogP contribution in [0.3, 0.4) is 0 Å². The molecule has 0 saturated heterocycles. The van der Waals surface area contributed by atoms with E-state index in [1.54, 1.807) is 0 Å². The summed E-state index contributed by atoms with van der Waals surface area (Å²) in [5, 5.41) is 0.929. The summed E-state index contributed by atoms with van der Waals surface area (Å²) in [4.78, 5) is 17.4. The Morgan fingerprint density at radius 3 is 2.32 bits per heavy atom. The third kappa shape index (κ3) is 4.30. The number of aryl methyl sites for hydroxylation is 1. The van der Waals surface area contributed by atoms with E-state index in [4.69, 9.17) is 0 Å². The van der Waals surface area contributed by atoms with Crippen LogP contribution in [0.2, 0.25) is 0 Å². The smallest absolute Gasteiger partial charge is 0.195 e. The molecule has 0 aliphatic carbocycles. The Labute approximate surface area is 182 Å². The maximum atomic E-state index is 13.2. The molecule has 0 spiro atoms. The summed E-state index contributed by atoms with van der Waals surface area (Å²) >= 11 is 0. The fourth-order valence-corrected chi connectivity index (χ4v) is 5.32. The van der Waals surface area contributed by atoms with Crippen molar-refractivity contribution in [1.82, 2.24) is 9.55 Å². The largest absolute Gasteiger partial charge is 0.344 e. The molecule has 0 bridgehead atoms. The number of aromatic nitrogens is 2. The van der Waals surface area contributed by atoms with Crippen molar-refractivity contribution in [2.75, 3.05) is 5.75 Å². The third-order valence-corrected chi connectivity index (χ3v) is 7.36. The fraction of sp³-hybridized carbons (Fsp3) is 0.200. The molecule has 2 aromatic carbocycles. The molecule has 0 saturated carbocycles. The van der Waals surface area contributed by atoms with Crippen LogP contribution in [-0.4, -0.2) is 29.5 Å². The van der Waals surface area contributed by atoms with Gasteiger partial charge in [-0.15, -0.1) is 0 Å². The summed E-state index contributed by atoms with van der Waals surface area (Å²) in [6, 6.07) is 20.2. The van der Waals surface area contributed by atoms with Gasteiger partial charge in [-0.05, 0) is 38.0 Å². The van der Waals surface area contributed by atoms with E-state index in [1.807, 2.05) is 61.5 Å². The Balaban J connectivity index is 1.55. The van der Waals surface area contributed by atoms with Gasteiger partial charge in [0.1, 0.15) is 0 Å². The molecule has 0 atom stereocenters. The van der Waals surface area contributed by atoms with Gasteiger partial charge in [0, 0.05) is 41.1 Å². The second-order valence-corrected chi connectivity index (χ2v) is 9.64. The minimum absolute atomic E-state index is 0.00770. The average Bonchev–Trinajstić information content (AvgIpc) is 3.08. The van der Waals surface area contributed by atoms with Crippen LogP contribution in [0.1, 0.15) is 34.5 Å². The molecule has 2 aromatic heterocycles. The Kier molecular flexibility index (Phi) is 6.00. The number of hydrogen-bond acceptors (Lipinski definition) is 4. The van der Waals surface area contributed by atoms with Gasteiger partial charge in [0.05, 0.1) is 16.2 Å². The first-order chi connectivity index (χ1) is 15.0. The molecule has 4 rings (SSSR count). The van der Waals surface area contributed by atoms with Crippen LogP contribution >= 0.6 is 0 Å². The normalized spacial score (nSPS) is 11.6. The van der Waals surface area contributed by atoms with E-state index in [1.165, 1.54) is 24.5 Å². The molecule has 0 fully saturated rings. The van der Waals surface area contributed by atoms with Gasteiger partial charge in [-0.2, -0.15) is 0 Å². The van der Waals surface area contributed by atoms with Gasteiger partial charge in [0.25, 0.3) is 0 Å². The first-order valence-electron chi connectivity index (χ1n) is 10.3. The molecule has 0 radical (unpaired) electrons. The van der Waals surface area contributed by atoms with E-state index in [0.717, 1.165) is 16.6 Å². The van der Waals surface area contributed by atoms with E-state index >= 15 is 0 Å². The molecule has 2 heterocycles. The summed E-state index contributed by atoms with van der Waals surface area (Å²) in [5.41, 5.74) is 3.28. The van der Waals surface area contributed by atoms with Crippen LogP contribution in [0.4, 0.5) is 0 Å². The first kappa shape index (κ1) is 21.0. The molecule has 0 unspecified atom stereocenters. The van der Waals surface area contributed by atoms with E-state index in [9.17, 15) is 13.2 Å². The second-order valence-electron chi connectivity index (χ2n) is 7.53. The predicted molar refractivity (Wildman–Crippen MR) is 122 cm³/mol. The molecule has 31 heavy (non-hydrogen) atoms. The Morgan fingerprint density at radius 2 is 1.58 bits per heavy atom. The number of benzene rings is 2. The third-order valence-electron chi connectivity index (χ3n) is 5.55.